The molecule has 1 aliphatic heterocycles. The molecule has 0 atom stereocenters. The van der Waals surface area contributed by atoms with Gasteiger partial charge >= 0.3 is 0 Å². The second kappa shape index (κ2) is 7.34. The smallest absolute Gasteiger partial charge is 0.270 e. The number of nitro benzene ring substituents is 1. The molecule has 3 rings (SSSR count). The maximum absolute atomic E-state index is 12.5. The summed E-state index contributed by atoms with van der Waals surface area (Å²) in [5.41, 5.74) is 0.521. The van der Waals surface area contributed by atoms with Crippen LogP contribution in [0.15, 0.2) is 30.5 Å². The summed E-state index contributed by atoms with van der Waals surface area (Å²) in [6.45, 7) is 1.85. The Labute approximate surface area is 150 Å². The molecule has 136 valence electrons. The second-order valence-corrected chi connectivity index (χ2v) is 6.26. The van der Waals surface area contributed by atoms with Crippen LogP contribution >= 0.6 is 0 Å². The molecule has 1 N–H and O–H groups in total. The molecule has 1 aromatic heterocycles. The molecular weight excluding hydrogens is 336 g/mol. The van der Waals surface area contributed by atoms with Crippen LogP contribution in [-0.4, -0.2) is 48.0 Å². The Morgan fingerprint density at radius 2 is 2.04 bits per heavy atom. The largest absolute Gasteiger partial charge is 0.361 e. The number of anilines is 3. The van der Waals surface area contributed by atoms with E-state index in [1.165, 1.54) is 24.3 Å². The number of rotatable bonds is 5. The number of nitrogens with one attached hydrogen (secondary N) is 1. The fourth-order valence-electron chi connectivity index (χ4n) is 2.82. The lowest BCUT2D eigenvalue weighted by Gasteiger charge is -2.21. The van der Waals surface area contributed by atoms with Gasteiger partial charge in [0, 0.05) is 44.9 Å². The van der Waals surface area contributed by atoms with E-state index >= 15 is 0 Å². The zero-order chi connectivity index (χ0) is 18.7. The van der Waals surface area contributed by atoms with Crippen LogP contribution in [0.1, 0.15) is 23.2 Å². The summed E-state index contributed by atoms with van der Waals surface area (Å²) in [4.78, 5) is 35.7. The highest BCUT2D eigenvalue weighted by atomic mass is 16.6. The van der Waals surface area contributed by atoms with E-state index in [4.69, 9.17) is 0 Å². The quantitative estimate of drug-likeness (QED) is 0.647. The van der Waals surface area contributed by atoms with Crippen molar-refractivity contribution in [2.75, 3.05) is 42.3 Å². The molecule has 0 bridgehead atoms. The highest BCUT2D eigenvalue weighted by molar-refractivity contribution is 6.05. The molecule has 26 heavy (non-hydrogen) atoms. The van der Waals surface area contributed by atoms with Gasteiger partial charge in [-0.3, -0.25) is 14.9 Å². The third-order valence-corrected chi connectivity index (χ3v) is 4.14. The van der Waals surface area contributed by atoms with Crippen LogP contribution < -0.4 is 15.1 Å². The molecule has 1 fully saturated rings. The van der Waals surface area contributed by atoms with E-state index in [2.05, 4.69) is 20.2 Å². The molecular formula is C17H20N6O3. The molecule has 2 heterocycles. The Morgan fingerprint density at radius 1 is 1.31 bits per heavy atom. The molecule has 1 saturated heterocycles. The predicted molar refractivity (Wildman–Crippen MR) is 98.9 cm³/mol. The minimum absolute atomic E-state index is 0.133. The van der Waals surface area contributed by atoms with Crippen molar-refractivity contribution in [3.05, 3.63) is 46.1 Å². The topological polar surface area (TPSA) is 104 Å². The Hall–Kier alpha value is -3.23. The van der Waals surface area contributed by atoms with Crippen LogP contribution in [0.5, 0.6) is 0 Å². The van der Waals surface area contributed by atoms with Gasteiger partial charge in [-0.2, -0.15) is 4.98 Å². The van der Waals surface area contributed by atoms with Gasteiger partial charge in [-0.15, -0.1) is 0 Å². The Kier molecular flexibility index (Phi) is 4.97. The third-order valence-electron chi connectivity index (χ3n) is 4.14. The first-order chi connectivity index (χ1) is 12.5. The van der Waals surface area contributed by atoms with Gasteiger partial charge in [0.2, 0.25) is 5.95 Å². The van der Waals surface area contributed by atoms with Crippen molar-refractivity contribution in [2.45, 2.75) is 12.8 Å². The fourth-order valence-corrected chi connectivity index (χ4v) is 2.82. The van der Waals surface area contributed by atoms with E-state index in [0.717, 1.165) is 25.9 Å². The van der Waals surface area contributed by atoms with E-state index in [1.54, 1.807) is 11.1 Å². The first kappa shape index (κ1) is 17.6. The molecule has 1 aliphatic rings. The highest BCUT2D eigenvalue weighted by Gasteiger charge is 2.19. The Balaban J connectivity index is 1.85. The van der Waals surface area contributed by atoms with Crippen molar-refractivity contribution in [1.82, 2.24) is 9.97 Å². The summed E-state index contributed by atoms with van der Waals surface area (Å²) in [6.07, 6.45) is 3.81. The van der Waals surface area contributed by atoms with Crippen molar-refractivity contribution in [3.8, 4) is 0 Å². The minimum Gasteiger partial charge on any atom is -0.361 e. The zero-order valence-electron chi connectivity index (χ0n) is 14.7. The van der Waals surface area contributed by atoms with Crippen LogP contribution in [0.4, 0.5) is 23.1 Å². The highest BCUT2D eigenvalue weighted by Crippen LogP contribution is 2.26. The van der Waals surface area contributed by atoms with Gasteiger partial charge in [0.1, 0.15) is 5.69 Å². The number of hydrogen-bond acceptors (Lipinski definition) is 7. The Morgan fingerprint density at radius 3 is 2.69 bits per heavy atom. The second-order valence-electron chi connectivity index (χ2n) is 6.26. The van der Waals surface area contributed by atoms with E-state index in [9.17, 15) is 14.9 Å². The fraction of sp³-hybridized carbons (Fsp3) is 0.353. The molecule has 2 aromatic rings. The van der Waals surface area contributed by atoms with E-state index < -0.39 is 10.8 Å². The van der Waals surface area contributed by atoms with Crippen molar-refractivity contribution in [1.29, 1.82) is 0 Å². The van der Waals surface area contributed by atoms with E-state index in [0.29, 0.717) is 17.5 Å². The van der Waals surface area contributed by atoms with Crippen molar-refractivity contribution in [2.24, 2.45) is 0 Å². The van der Waals surface area contributed by atoms with Crippen molar-refractivity contribution >= 4 is 29.0 Å². The predicted octanol–water partition coefficient (Wildman–Crippen LogP) is 2.30. The molecule has 1 amide bonds. The molecule has 9 heteroatoms. The molecule has 0 aliphatic carbocycles. The zero-order valence-corrected chi connectivity index (χ0v) is 14.7. The van der Waals surface area contributed by atoms with Gasteiger partial charge in [0.05, 0.1) is 11.1 Å². The Bertz CT molecular complexity index is 833. The number of carbonyl (C=O) groups is 1. The summed E-state index contributed by atoms with van der Waals surface area (Å²) in [7, 11) is 3.66. The first-order valence-corrected chi connectivity index (χ1v) is 8.31. The molecule has 0 spiro atoms. The maximum atomic E-state index is 12.5. The van der Waals surface area contributed by atoms with Crippen LogP contribution in [0.25, 0.3) is 0 Å². The number of nitrogens with zero attached hydrogens (tertiary/aromatic N) is 5. The summed E-state index contributed by atoms with van der Waals surface area (Å²) in [6, 6.07) is 5.59. The number of non-ortho nitro benzene ring substituents is 1. The molecule has 0 unspecified atom stereocenters. The van der Waals surface area contributed by atoms with E-state index in [-0.39, 0.29) is 11.3 Å². The summed E-state index contributed by atoms with van der Waals surface area (Å²) in [5, 5.41) is 13.6. The van der Waals surface area contributed by atoms with Crippen LogP contribution in [0, 0.1) is 10.1 Å². The lowest BCUT2D eigenvalue weighted by Crippen LogP contribution is -2.23. The van der Waals surface area contributed by atoms with Crippen molar-refractivity contribution in [3.63, 3.8) is 0 Å². The molecule has 0 saturated carbocycles. The standard InChI is InChI=1S/C17H20N6O3/c1-21(2)15-14(11-18-17(20-15)22-8-3-4-9-22)19-16(24)12-6-5-7-13(10-12)23(25)26/h5-7,10-11H,3-4,8-9H2,1-2H3,(H,19,24). The average Bonchev–Trinajstić information content (AvgIpc) is 3.16. The van der Waals surface area contributed by atoms with E-state index in [1.807, 2.05) is 14.1 Å². The summed E-state index contributed by atoms with van der Waals surface area (Å²) >= 11 is 0. The van der Waals surface area contributed by atoms with Gasteiger partial charge < -0.3 is 15.1 Å². The van der Waals surface area contributed by atoms with Crippen LogP contribution in [-0.2, 0) is 0 Å². The third kappa shape index (κ3) is 3.71. The lowest BCUT2D eigenvalue weighted by atomic mass is 10.2. The molecule has 9 nitrogen and oxygen atoms in total. The number of aromatic nitrogens is 2. The number of amides is 1. The number of benzene rings is 1. The SMILES string of the molecule is CN(C)c1nc(N2CCCC2)ncc1NC(=O)c1cccc([N+](=O)[O-])c1. The van der Waals surface area contributed by atoms with Gasteiger partial charge in [0.15, 0.2) is 5.82 Å². The number of hydrogen-bond donors (Lipinski definition) is 1. The number of carbonyl (C=O) groups excluding carboxylic acids is 1. The molecule has 1 aromatic carbocycles. The minimum atomic E-state index is -0.532. The van der Waals surface area contributed by atoms with Crippen molar-refractivity contribution < 1.29 is 9.72 Å². The van der Waals surface area contributed by atoms with Gasteiger partial charge in [-0.25, -0.2) is 4.98 Å². The molecule has 0 radical (unpaired) electrons. The monoisotopic (exact) mass is 356 g/mol. The lowest BCUT2D eigenvalue weighted by molar-refractivity contribution is -0.384. The maximum Gasteiger partial charge on any atom is 0.270 e. The number of nitro groups is 1. The van der Waals surface area contributed by atoms with Gasteiger partial charge in [-0.05, 0) is 18.9 Å². The first-order valence-electron chi connectivity index (χ1n) is 8.31. The summed E-state index contributed by atoms with van der Waals surface area (Å²) < 4.78 is 0. The van der Waals surface area contributed by atoms with Gasteiger partial charge in [-0.1, -0.05) is 6.07 Å². The van der Waals surface area contributed by atoms with Crippen LogP contribution in [0.3, 0.4) is 0 Å². The summed E-state index contributed by atoms with van der Waals surface area (Å²) in [5.74, 6) is 0.773. The normalized spacial score (nSPS) is 13.5. The van der Waals surface area contributed by atoms with Gasteiger partial charge in [0.25, 0.3) is 11.6 Å². The average molecular weight is 356 g/mol. The van der Waals surface area contributed by atoms with Crippen LogP contribution in [0.2, 0.25) is 0 Å².